The zero-order valence-electron chi connectivity index (χ0n) is 20.0. The Morgan fingerprint density at radius 1 is 0.919 bits per heavy atom. The quantitative estimate of drug-likeness (QED) is 0.275. The molecule has 3 aromatic carbocycles. The number of amides is 2. The second-order valence-electron chi connectivity index (χ2n) is 7.57. The Morgan fingerprint density at radius 3 is 1.97 bits per heavy atom. The number of rotatable bonds is 6. The molecule has 0 radical (unpaired) electrons. The van der Waals surface area contributed by atoms with Crippen LogP contribution in [-0.4, -0.2) is 35.0 Å². The van der Waals surface area contributed by atoms with Gasteiger partial charge in [-0.1, -0.05) is 66.7 Å². The molecule has 8 nitrogen and oxygen atoms in total. The van der Waals surface area contributed by atoms with Gasteiger partial charge in [0.25, 0.3) is 11.1 Å². The van der Waals surface area contributed by atoms with E-state index in [0.717, 1.165) is 34.0 Å². The first-order valence-electron chi connectivity index (χ1n) is 10.9. The predicted molar refractivity (Wildman–Crippen MR) is 141 cm³/mol. The number of hydrogen-bond donors (Lipinski definition) is 2. The van der Waals surface area contributed by atoms with Gasteiger partial charge >= 0.3 is 11.9 Å². The topological polar surface area (TPSA) is 127 Å². The number of hydrogen-bond acceptors (Lipinski definition) is 7. The molecular formula is C28H25NO7S. The van der Waals surface area contributed by atoms with E-state index in [9.17, 15) is 19.2 Å². The molecule has 1 heterocycles. The zero-order valence-corrected chi connectivity index (χ0v) is 20.8. The third-order valence-corrected chi connectivity index (χ3v) is 5.56. The van der Waals surface area contributed by atoms with Crippen molar-refractivity contribution in [2.75, 3.05) is 0 Å². The van der Waals surface area contributed by atoms with E-state index in [1.54, 1.807) is 36.4 Å². The van der Waals surface area contributed by atoms with Crippen molar-refractivity contribution in [3.8, 4) is 5.75 Å². The number of nitrogens with one attached hydrogen (secondary N) is 1. The van der Waals surface area contributed by atoms with E-state index in [0.29, 0.717) is 10.7 Å². The van der Waals surface area contributed by atoms with Crippen molar-refractivity contribution < 1.29 is 33.8 Å². The largest absolute Gasteiger partial charge is 0.481 e. The minimum Gasteiger partial charge on any atom is -0.481 e. The number of benzene rings is 3. The lowest BCUT2D eigenvalue weighted by Crippen LogP contribution is -2.17. The molecule has 1 aliphatic heterocycles. The van der Waals surface area contributed by atoms with Crippen molar-refractivity contribution in [3.63, 3.8) is 0 Å². The number of esters is 1. The summed E-state index contributed by atoms with van der Waals surface area (Å²) in [5, 5.41) is 10.2. The van der Waals surface area contributed by atoms with Gasteiger partial charge in [0, 0.05) is 0 Å². The molecule has 4 rings (SSSR count). The van der Waals surface area contributed by atoms with E-state index in [4.69, 9.17) is 14.6 Å². The fraction of sp³-hybridized carbons (Fsp3) is 0.107. The van der Waals surface area contributed by atoms with Crippen LogP contribution in [0.1, 0.15) is 22.3 Å². The van der Waals surface area contributed by atoms with Crippen molar-refractivity contribution in [2.45, 2.75) is 19.8 Å². The molecule has 0 atom stereocenters. The molecule has 0 aromatic heterocycles. The Morgan fingerprint density at radius 2 is 1.49 bits per heavy atom. The van der Waals surface area contributed by atoms with Gasteiger partial charge in [-0.25, -0.2) is 0 Å². The molecule has 3 aromatic rings. The molecule has 190 valence electrons. The molecule has 1 saturated heterocycles. The maximum Gasteiger partial charge on any atom is 0.315 e. The Kier molecular flexibility index (Phi) is 11.5. The fourth-order valence-electron chi connectivity index (χ4n) is 3.14. The summed E-state index contributed by atoms with van der Waals surface area (Å²) >= 11 is 0.867. The van der Waals surface area contributed by atoms with Gasteiger partial charge in [-0.15, -0.1) is 0 Å². The second-order valence-corrected chi connectivity index (χ2v) is 8.58. The summed E-state index contributed by atoms with van der Waals surface area (Å²) in [6.07, 6.45) is 1.94. The van der Waals surface area contributed by atoms with Gasteiger partial charge in [-0.05, 0) is 59.1 Å². The smallest absolute Gasteiger partial charge is 0.315 e. The number of imide groups is 1. The van der Waals surface area contributed by atoms with Crippen LogP contribution in [0.25, 0.3) is 6.08 Å². The maximum atomic E-state index is 12.0. The highest BCUT2D eigenvalue weighted by Crippen LogP contribution is 2.27. The number of carbonyl (C=O) groups excluding carboxylic acids is 4. The molecule has 1 aliphatic rings. The molecule has 2 amide bonds. The average molecular weight is 520 g/mol. The summed E-state index contributed by atoms with van der Waals surface area (Å²) < 4.78 is 5.41. The van der Waals surface area contributed by atoms with E-state index in [1.807, 2.05) is 62.2 Å². The van der Waals surface area contributed by atoms with Crippen LogP contribution >= 0.6 is 11.8 Å². The van der Waals surface area contributed by atoms with Crippen molar-refractivity contribution in [1.29, 1.82) is 0 Å². The Balaban J connectivity index is 0.000000336. The molecule has 2 N–H and O–H groups in total. The summed E-state index contributed by atoms with van der Waals surface area (Å²) in [6, 6.07) is 23.7. The second kappa shape index (κ2) is 14.8. The Bertz CT molecular complexity index is 1270. The maximum absolute atomic E-state index is 12.0. The molecule has 9 heteroatoms. The van der Waals surface area contributed by atoms with Crippen molar-refractivity contribution in [1.82, 2.24) is 5.32 Å². The Hall–Kier alpha value is -4.50. The molecule has 1 fully saturated rings. The van der Waals surface area contributed by atoms with Gasteiger partial charge in [-0.2, -0.15) is 0 Å². The number of aliphatic carboxylic acids is 1. The zero-order chi connectivity index (χ0) is 27.2. The first kappa shape index (κ1) is 28.7. The van der Waals surface area contributed by atoms with Gasteiger partial charge in [0.2, 0.25) is 0 Å². The fourth-order valence-corrected chi connectivity index (χ4v) is 3.82. The third kappa shape index (κ3) is 9.95. The molecule has 37 heavy (non-hydrogen) atoms. The highest BCUT2D eigenvalue weighted by atomic mass is 32.2. The van der Waals surface area contributed by atoms with Crippen LogP contribution in [0.3, 0.4) is 0 Å². The van der Waals surface area contributed by atoms with Crippen LogP contribution in [0, 0.1) is 6.92 Å². The average Bonchev–Trinajstić information content (AvgIpc) is 3.19. The summed E-state index contributed by atoms with van der Waals surface area (Å²) in [5.74, 6) is -1.04. The SMILES string of the molecule is C=O.Cc1cc(/C=C2\SC(=O)NC2=O)ccc1OC(=O)Cc1ccccc1.O=C(O)Cc1ccccc1. The summed E-state index contributed by atoms with van der Waals surface area (Å²) in [5.41, 5.74) is 3.26. The van der Waals surface area contributed by atoms with Gasteiger partial charge in [0.15, 0.2) is 0 Å². The highest BCUT2D eigenvalue weighted by molar-refractivity contribution is 8.18. The number of ether oxygens (including phenoxy) is 1. The summed E-state index contributed by atoms with van der Waals surface area (Å²) in [7, 11) is 0. The monoisotopic (exact) mass is 519 g/mol. The van der Waals surface area contributed by atoms with E-state index in [2.05, 4.69) is 5.32 Å². The van der Waals surface area contributed by atoms with E-state index in [-0.39, 0.29) is 24.1 Å². The van der Waals surface area contributed by atoms with E-state index < -0.39 is 11.9 Å². The first-order valence-corrected chi connectivity index (χ1v) is 11.8. The van der Waals surface area contributed by atoms with Gasteiger partial charge in [0.1, 0.15) is 12.5 Å². The minimum absolute atomic E-state index is 0.112. The summed E-state index contributed by atoms with van der Waals surface area (Å²) in [4.78, 5) is 53.3. The molecule has 0 saturated carbocycles. The van der Waals surface area contributed by atoms with Gasteiger partial charge in [0.05, 0.1) is 17.7 Å². The van der Waals surface area contributed by atoms with E-state index >= 15 is 0 Å². The van der Waals surface area contributed by atoms with Crippen LogP contribution < -0.4 is 10.1 Å². The minimum atomic E-state index is -0.786. The standard InChI is InChI=1S/C19H15NO4S.C8H8O2.CH2O/c1-12-9-14(10-16-18(22)20-19(23)25-16)7-8-15(12)24-17(21)11-13-5-3-2-4-6-13;9-8(10)6-7-4-2-1-3-5-7;1-2/h2-10H,11H2,1H3,(H,20,22,23);1-5H,6H2,(H,9,10);1H2/b16-10-;;. The number of aryl methyl sites for hydroxylation is 1. The van der Waals surface area contributed by atoms with Crippen LogP contribution in [0.4, 0.5) is 4.79 Å². The van der Waals surface area contributed by atoms with E-state index in [1.165, 1.54) is 0 Å². The first-order chi connectivity index (χ1) is 17.8. The predicted octanol–water partition coefficient (Wildman–Crippen LogP) is 4.60. The highest BCUT2D eigenvalue weighted by Gasteiger charge is 2.25. The number of thioether (sulfide) groups is 1. The normalized spacial score (nSPS) is 12.9. The number of carboxylic acid groups (broad SMARTS) is 1. The van der Waals surface area contributed by atoms with Crippen LogP contribution in [-0.2, 0) is 32.0 Å². The van der Waals surface area contributed by atoms with Crippen molar-refractivity contribution >= 4 is 47.7 Å². The lowest BCUT2D eigenvalue weighted by molar-refractivity contribution is -0.136. The Labute approximate surface area is 218 Å². The van der Waals surface area contributed by atoms with Crippen molar-refractivity contribution in [3.05, 3.63) is 106 Å². The lowest BCUT2D eigenvalue weighted by atomic mass is 10.1. The van der Waals surface area contributed by atoms with Crippen molar-refractivity contribution in [2.24, 2.45) is 0 Å². The van der Waals surface area contributed by atoms with Crippen LogP contribution in [0.15, 0.2) is 83.8 Å². The molecule has 0 unspecified atom stereocenters. The summed E-state index contributed by atoms with van der Waals surface area (Å²) in [6.45, 7) is 3.82. The number of carboxylic acids is 1. The van der Waals surface area contributed by atoms with Crippen LogP contribution in [0.2, 0.25) is 0 Å². The molecule has 0 aliphatic carbocycles. The van der Waals surface area contributed by atoms with Crippen LogP contribution in [0.5, 0.6) is 5.75 Å². The lowest BCUT2D eigenvalue weighted by Gasteiger charge is -2.08. The third-order valence-electron chi connectivity index (χ3n) is 4.75. The molecular weight excluding hydrogens is 494 g/mol. The van der Waals surface area contributed by atoms with Gasteiger partial charge in [-0.3, -0.25) is 24.5 Å². The molecule has 0 spiro atoms. The van der Waals surface area contributed by atoms with Gasteiger partial charge < -0.3 is 14.6 Å². The molecule has 0 bridgehead atoms. The number of carbonyl (C=O) groups is 5.